The quantitative estimate of drug-likeness (QED) is 0.868. The summed E-state index contributed by atoms with van der Waals surface area (Å²) in [4.78, 5) is 4.76. The van der Waals surface area contributed by atoms with Crippen molar-refractivity contribution in [1.29, 1.82) is 0 Å². The second-order valence-electron chi connectivity index (χ2n) is 3.13. The van der Waals surface area contributed by atoms with Gasteiger partial charge in [-0.05, 0) is 6.92 Å². The van der Waals surface area contributed by atoms with Crippen molar-refractivity contribution < 1.29 is 18.3 Å². The van der Waals surface area contributed by atoms with Gasteiger partial charge in [0, 0.05) is 25.1 Å². The molecule has 0 spiro atoms. The maximum atomic E-state index is 12.1. The molecule has 1 aromatic rings. The first kappa shape index (κ1) is 12.2. The van der Waals surface area contributed by atoms with E-state index in [4.69, 9.17) is 5.11 Å². The molecule has 0 amide bonds. The van der Waals surface area contributed by atoms with Crippen molar-refractivity contribution in [3.05, 3.63) is 5.82 Å². The second kappa shape index (κ2) is 4.31. The highest BCUT2D eigenvalue weighted by molar-refractivity contribution is 7.09. The number of aliphatic hydroxyl groups excluding tert-OH is 1. The Hall–Kier alpha value is -0.890. The normalized spacial score (nSPS) is 14.0. The van der Waals surface area contributed by atoms with E-state index in [0.29, 0.717) is 11.5 Å². The Bertz CT molecular complexity index is 326. The van der Waals surface area contributed by atoms with Gasteiger partial charge in [-0.3, -0.25) is 0 Å². The fourth-order valence-electron chi connectivity index (χ4n) is 0.960. The molecule has 0 aliphatic heterocycles. The molecule has 0 saturated heterocycles. The average molecular weight is 241 g/mol. The molecule has 1 aromatic heterocycles. The standard InChI is InChI=1S/C7H10F3N3OS/c1-4(14)3-13(2)6-11-5(12-15-6)7(8,9)10/h4,14H,3H2,1-2H3. The van der Waals surface area contributed by atoms with E-state index in [1.807, 2.05) is 0 Å². The molecule has 1 heterocycles. The monoisotopic (exact) mass is 241 g/mol. The predicted octanol–water partition coefficient (Wildman–Crippen LogP) is 1.37. The van der Waals surface area contributed by atoms with E-state index in [-0.39, 0.29) is 11.7 Å². The van der Waals surface area contributed by atoms with Gasteiger partial charge in [0.1, 0.15) is 0 Å². The Kier molecular flexibility index (Phi) is 3.50. The van der Waals surface area contributed by atoms with Gasteiger partial charge in [-0.25, -0.2) is 0 Å². The van der Waals surface area contributed by atoms with Crippen molar-refractivity contribution in [2.75, 3.05) is 18.5 Å². The van der Waals surface area contributed by atoms with Crippen molar-refractivity contribution in [3.63, 3.8) is 0 Å². The maximum absolute atomic E-state index is 12.1. The van der Waals surface area contributed by atoms with E-state index >= 15 is 0 Å². The summed E-state index contributed by atoms with van der Waals surface area (Å²) in [6, 6.07) is 0. The zero-order valence-electron chi connectivity index (χ0n) is 8.12. The maximum Gasteiger partial charge on any atom is 0.452 e. The third-order valence-electron chi connectivity index (χ3n) is 1.53. The third-order valence-corrected chi connectivity index (χ3v) is 2.36. The topological polar surface area (TPSA) is 49.2 Å². The molecular weight excluding hydrogens is 231 g/mol. The van der Waals surface area contributed by atoms with Crippen LogP contribution >= 0.6 is 11.5 Å². The number of nitrogens with zero attached hydrogens (tertiary/aromatic N) is 3. The summed E-state index contributed by atoms with van der Waals surface area (Å²) >= 11 is 0.660. The van der Waals surface area contributed by atoms with Gasteiger partial charge in [-0.2, -0.15) is 22.5 Å². The minimum Gasteiger partial charge on any atom is -0.392 e. The number of hydrogen-bond donors (Lipinski definition) is 1. The van der Waals surface area contributed by atoms with Gasteiger partial charge < -0.3 is 10.0 Å². The molecule has 86 valence electrons. The molecule has 0 aliphatic rings. The van der Waals surface area contributed by atoms with E-state index in [1.54, 1.807) is 14.0 Å². The largest absolute Gasteiger partial charge is 0.452 e. The first-order valence-corrected chi connectivity index (χ1v) is 4.88. The molecule has 8 heteroatoms. The summed E-state index contributed by atoms with van der Waals surface area (Å²) in [7, 11) is 1.55. The highest BCUT2D eigenvalue weighted by atomic mass is 32.1. The molecule has 15 heavy (non-hydrogen) atoms. The van der Waals surface area contributed by atoms with Crippen LogP contribution in [0, 0.1) is 0 Å². The van der Waals surface area contributed by atoms with Gasteiger partial charge in [0.15, 0.2) is 0 Å². The van der Waals surface area contributed by atoms with Gasteiger partial charge in [0.25, 0.3) is 0 Å². The SMILES string of the molecule is CC(O)CN(C)c1nc(C(F)(F)F)ns1. The van der Waals surface area contributed by atoms with Crippen molar-refractivity contribution in [2.45, 2.75) is 19.2 Å². The molecule has 1 rings (SSSR count). The number of rotatable bonds is 3. The Morgan fingerprint density at radius 3 is 2.53 bits per heavy atom. The Balaban J connectivity index is 2.76. The van der Waals surface area contributed by atoms with Crippen LogP contribution in [0.1, 0.15) is 12.7 Å². The lowest BCUT2D eigenvalue weighted by Crippen LogP contribution is -2.26. The van der Waals surface area contributed by atoms with Crippen molar-refractivity contribution in [1.82, 2.24) is 9.36 Å². The summed E-state index contributed by atoms with van der Waals surface area (Å²) in [5.41, 5.74) is 0. The zero-order chi connectivity index (χ0) is 11.6. The van der Waals surface area contributed by atoms with Crippen LogP contribution in [0.4, 0.5) is 18.3 Å². The van der Waals surface area contributed by atoms with E-state index < -0.39 is 18.1 Å². The van der Waals surface area contributed by atoms with E-state index in [2.05, 4.69) is 9.36 Å². The summed E-state index contributed by atoms with van der Waals surface area (Å²) in [6.45, 7) is 1.76. The second-order valence-corrected chi connectivity index (χ2v) is 3.86. The highest BCUT2D eigenvalue weighted by Gasteiger charge is 2.36. The van der Waals surface area contributed by atoms with E-state index in [0.717, 1.165) is 0 Å². The van der Waals surface area contributed by atoms with Gasteiger partial charge in [0.05, 0.1) is 6.10 Å². The van der Waals surface area contributed by atoms with Crippen LogP contribution in [0.2, 0.25) is 0 Å². The minimum atomic E-state index is -4.51. The molecule has 0 radical (unpaired) electrons. The van der Waals surface area contributed by atoms with Gasteiger partial charge in [0.2, 0.25) is 11.0 Å². The first-order chi connectivity index (χ1) is 6.80. The Morgan fingerprint density at radius 2 is 2.13 bits per heavy atom. The fraction of sp³-hybridized carbons (Fsp3) is 0.714. The van der Waals surface area contributed by atoms with Crippen LogP contribution in [-0.2, 0) is 6.18 Å². The minimum absolute atomic E-state index is 0.142. The fourth-order valence-corrected chi connectivity index (χ4v) is 1.61. The lowest BCUT2D eigenvalue weighted by molar-refractivity contribution is -0.144. The molecule has 0 aliphatic carbocycles. The zero-order valence-corrected chi connectivity index (χ0v) is 8.93. The Labute approximate surface area is 88.5 Å². The average Bonchev–Trinajstić information content (AvgIpc) is 2.48. The number of hydrogen-bond acceptors (Lipinski definition) is 5. The van der Waals surface area contributed by atoms with Crippen molar-refractivity contribution >= 4 is 16.7 Å². The van der Waals surface area contributed by atoms with Crippen molar-refractivity contribution in [2.24, 2.45) is 0 Å². The highest BCUT2D eigenvalue weighted by Crippen LogP contribution is 2.29. The number of anilines is 1. The molecule has 0 bridgehead atoms. The Morgan fingerprint density at radius 1 is 1.53 bits per heavy atom. The molecule has 4 nitrogen and oxygen atoms in total. The van der Waals surface area contributed by atoms with Crippen LogP contribution < -0.4 is 4.90 Å². The molecule has 0 fully saturated rings. The predicted molar refractivity (Wildman–Crippen MR) is 49.9 cm³/mol. The third kappa shape index (κ3) is 3.31. The van der Waals surface area contributed by atoms with E-state index in [9.17, 15) is 13.2 Å². The lowest BCUT2D eigenvalue weighted by atomic mass is 10.4. The van der Waals surface area contributed by atoms with Crippen LogP contribution in [-0.4, -0.2) is 34.2 Å². The van der Waals surface area contributed by atoms with E-state index in [1.165, 1.54) is 4.90 Å². The molecule has 0 aromatic carbocycles. The smallest absolute Gasteiger partial charge is 0.392 e. The van der Waals surface area contributed by atoms with Crippen LogP contribution in [0.3, 0.4) is 0 Å². The summed E-state index contributed by atoms with van der Waals surface area (Å²) in [5, 5.41) is 9.19. The number of aliphatic hydroxyl groups is 1. The number of alkyl halides is 3. The molecule has 1 unspecified atom stereocenters. The number of likely N-dealkylation sites (N-methyl/N-ethyl adjacent to an activating group) is 1. The lowest BCUT2D eigenvalue weighted by Gasteiger charge is -2.16. The van der Waals surface area contributed by atoms with Gasteiger partial charge in [-0.15, -0.1) is 0 Å². The molecular formula is C7H10F3N3OS. The summed E-state index contributed by atoms with van der Waals surface area (Å²) < 4.78 is 39.6. The van der Waals surface area contributed by atoms with Crippen LogP contribution in [0.5, 0.6) is 0 Å². The van der Waals surface area contributed by atoms with Gasteiger partial charge >= 0.3 is 6.18 Å². The molecule has 1 atom stereocenters. The summed E-state index contributed by atoms with van der Waals surface area (Å²) in [6.07, 6.45) is -5.14. The first-order valence-electron chi connectivity index (χ1n) is 4.11. The number of halogens is 3. The van der Waals surface area contributed by atoms with Crippen LogP contribution in [0.15, 0.2) is 0 Å². The molecule has 0 saturated carbocycles. The summed E-state index contributed by atoms with van der Waals surface area (Å²) in [5.74, 6) is -1.14. The van der Waals surface area contributed by atoms with Gasteiger partial charge in [-0.1, -0.05) is 0 Å². The van der Waals surface area contributed by atoms with Crippen LogP contribution in [0.25, 0.3) is 0 Å². The molecule has 1 N–H and O–H groups in total. The number of aromatic nitrogens is 2. The van der Waals surface area contributed by atoms with Crippen molar-refractivity contribution in [3.8, 4) is 0 Å².